The van der Waals surface area contributed by atoms with Gasteiger partial charge in [0.05, 0.1) is 11.7 Å². The Kier molecular flexibility index (Phi) is 1.67. The van der Waals surface area contributed by atoms with E-state index < -0.39 is 0 Å². The fraction of sp³-hybridized carbons (Fsp3) is 1.00. The summed E-state index contributed by atoms with van der Waals surface area (Å²) in [6.07, 6.45) is 3.19. The minimum atomic E-state index is -0.226. The first kappa shape index (κ1) is 7.53. The van der Waals surface area contributed by atoms with Crippen LogP contribution in [-0.4, -0.2) is 30.2 Å². The van der Waals surface area contributed by atoms with Crippen molar-refractivity contribution in [3.8, 4) is 0 Å². The van der Waals surface area contributed by atoms with E-state index in [0.717, 1.165) is 19.3 Å². The van der Waals surface area contributed by atoms with Crippen LogP contribution in [0.2, 0.25) is 0 Å². The largest absolute Gasteiger partial charge is 0.393 e. The Bertz CT molecular complexity index is 153. The van der Waals surface area contributed by atoms with E-state index in [1.54, 1.807) is 7.11 Å². The van der Waals surface area contributed by atoms with Gasteiger partial charge in [0.25, 0.3) is 0 Å². The highest BCUT2D eigenvalue weighted by atomic mass is 16.7. The lowest BCUT2D eigenvalue weighted by Gasteiger charge is -2.32. The summed E-state index contributed by atoms with van der Waals surface area (Å²) in [6.45, 7) is 0. The van der Waals surface area contributed by atoms with Gasteiger partial charge in [-0.1, -0.05) is 0 Å². The SMILES string of the molecule is CO[C@@H]1C[C@@H](O)CC2(CC2)O1. The van der Waals surface area contributed by atoms with Crippen molar-refractivity contribution in [1.29, 1.82) is 0 Å². The summed E-state index contributed by atoms with van der Waals surface area (Å²) in [5.74, 6) is 0. The second-order valence-electron chi connectivity index (χ2n) is 3.56. The standard InChI is InChI=1S/C8H14O3/c1-10-7-4-6(9)5-8(11-7)2-3-8/h6-7,9H,2-5H2,1H3/t6-,7+/m1/s1. The molecule has 1 saturated carbocycles. The molecular weight excluding hydrogens is 144 g/mol. The molecule has 1 saturated heterocycles. The molecule has 2 atom stereocenters. The molecule has 0 aromatic carbocycles. The molecule has 0 bridgehead atoms. The number of hydrogen-bond donors (Lipinski definition) is 1. The Morgan fingerprint density at radius 1 is 1.55 bits per heavy atom. The van der Waals surface area contributed by atoms with E-state index >= 15 is 0 Å². The molecular formula is C8H14O3. The van der Waals surface area contributed by atoms with Gasteiger partial charge in [0.1, 0.15) is 0 Å². The van der Waals surface area contributed by atoms with Gasteiger partial charge in [0.15, 0.2) is 6.29 Å². The van der Waals surface area contributed by atoms with Crippen molar-refractivity contribution >= 4 is 0 Å². The van der Waals surface area contributed by atoms with Crippen LogP contribution in [0, 0.1) is 0 Å². The van der Waals surface area contributed by atoms with Crippen molar-refractivity contribution in [2.75, 3.05) is 7.11 Å². The first-order valence-electron chi connectivity index (χ1n) is 4.13. The summed E-state index contributed by atoms with van der Waals surface area (Å²) < 4.78 is 10.7. The van der Waals surface area contributed by atoms with Gasteiger partial charge in [0.2, 0.25) is 0 Å². The van der Waals surface area contributed by atoms with Crippen LogP contribution in [0.15, 0.2) is 0 Å². The Hall–Kier alpha value is -0.120. The maximum Gasteiger partial charge on any atom is 0.160 e. The molecule has 0 amide bonds. The van der Waals surface area contributed by atoms with E-state index in [-0.39, 0.29) is 18.0 Å². The molecule has 1 heterocycles. The highest BCUT2D eigenvalue weighted by molar-refractivity contribution is 5.00. The van der Waals surface area contributed by atoms with Crippen LogP contribution >= 0.6 is 0 Å². The van der Waals surface area contributed by atoms with E-state index in [9.17, 15) is 5.11 Å². The lowest BCUT2D eigenvalue weighted by molar-refractivity contribution is -0.214. The molecule has 64 valence electrons. The molecule has 2 fully saturated rings. The van der Waals surface area contributed by atoms with Crippen LogP contribution in [-0.2, 0) is 9.47 Å². The second kappa shape index (κ2) is 2.44. The molecule has 0 unspecified atom stereocenters. The Morgan fingerprint density at radius 3 is 2.82 bits per heavy atom. The van der Waals surface area contributed by atoms with Gasteiger partial charge >= 0.3 is 0 Å². The topological polar surface area (TPSA) is 38.7 Å². The summed E-state index contributed by atoms with van der Waals surface area (Å²) in [5, 5.41) is 9.43. The molecule has 0 aromatic rings. The maximum atomic E-state index is 9.43. The normalized spacial score (nSPS) is 40.9. The number of aliphatic hydroxyl groups excluding tert-OH is 1. The number of hydrogen-bond acceptors (Lipinski definition) is 3. The Morgan fingerprint density at radius 2 is 2.27 bits per heavy atom. The van der Waals surface area contributed by atoms with Crippen LogP contribution in [0.1, 0.15) is 25.7 Å². The molecule has 3 nitrogen and oxygen atoms in total. The van der Waals surface area contributed by atoms with Gasteiger partial charge in [-0.15, -0.1) is 0 Å². The van der Waals surface area contributed by atoms with E-state index in [2.05, 4.69) is 0 Å². The average molecular weight is 158 g/mol. The van der Waals surface area contributed by atoms with Crippen molar-refractivity contribution in [2.24, 2.45) is 0 Å². The maximum absolute atomic E-state index is 9.43. The smallest absolute Gasteiger partial charge is 0.160 e. The molecule has 2 rings (SSSR count). The van der Waals surface area contributed by atoms with E-state index in [4.69, 9.17) is 9.47 Å². The Balaban J connectivity index is 1.97. The molecule has 1 spiro atoms. The molecule has 2 aliphatic rings. The van der Waals surface area contributed by atoms with Crippen molar-refractivity contribution in [3.05, 3.63) is 0 Å². The van der Waals surface area contributed by atoms with Gasteiger partial charge in [-0.05, 0) is 12.8 Å². The van der Waals surface area contributed by atoms with Crippen molar-refractivity contribution in [2.45, 2.75) is 43.7 Å². The number of ether oxygens (including phenoxy) is 2. The first-order valence-corrected chi connectivity index (χ1v) is 4.13. The van der Waals surface area contributed by atoms with Crippen LogP contribution in [0.3, 0.4) is 0 Å². The molecule has 0 radical (unpaired) electrons. The van der Waals surface area contributed by atoms with Gasteiger partial charge in [0, 0.05) is 20.0 Å². The molecule has 1 N–H and O–H groups in total. The fourth-order valence-corrected chi connectivity index (χ4v) is 1.72. The summed E-state index contributed by atoms with van der Waals surface area (Å²) in [4.78, 5) is 0. The zero-order chi connectivity index (χ0) is 7.90. The molecule has 0 aromatic heterocycles. The summed E-state index contributed by atoms with van der Waals surface area (Å²) >= 11 is 0. The van der Waals surface area contributed by atoms with Crippen molar-refractivity contribution in [3.63, 3.8) is 0 Å². The third-order valence-corrected chi connectivity index (χ3v) is 2.52. The van der Waals surface area contributed by atoms with Crippen molar-refractivity contribution in [1.82, 2.24) is 0 Å². The second-order valence-corrected chi connectivity index (χ2v) is 3.56. The number of aliphatic hydroxyl groups is 1. The van der Waals surface area contributed by atoms with E-state index in [1.807, 2.05) is 0 Å². The van der Waals surface area contributed by atoms with Crippen LogP contribution < -0.4 is 0 Å². The third-order valence-electron chi connectivity index (χ3n) is 2.52. The monoisotopic (exact) mass is 158 g/mol. The van der Waals surface area contributed by atoms with Crippen molar-refractivity contribution < 1.29 is 14.6 Å². The fourth-order valence-electron chi connectivity index (χ4n) is 1.72. The zero-order valence-electron chi connectivity index (χ0n) is 6.75. The number of methoxy groups -OCH3 is 1. The van der Waals surface area contributed by atoms with Crippen LogP contribution in [0.4, 0.5) is 0 Å². The molecule has 3 heteroatoms. The third kappa shape index (κ3) is 1.41. The van der Waals surface area contributed by atoms with Crippen LogP contribution in [0.5, 0.6) is 0 Å². The number of rotatable bonds is 1. The lowest BCUT2D eigenvalue weighted by Crippen LogP contribution is -2.37. The summed E-state index contributed by atoms with van der Waals surface area (Å²) in [5.41, 5.74) is -0.00164. The van der Waals surface area contributed by atoms with E-state index in [1.165, 1.54) is 0 Å². The summed E-state index contributed by atoms with van der Waals surface area (Å²) in [7, 11) is 1.62. The minimum Gasteiger partial charge on any atom is -0.393 e. The quantitative estimate of drug-likeness (QED) is 0.609. The lowest BCUT2D eigenvalue weighted by atomic mass is 10.0. The van der Waals surface area contributed by atoms with Gasteiger partial charge in [-0.25, -0.2) is 0 Å². The van der Waals surface area contributed by atoms with Crippen LogP contribution in [0.25, 0.3) is 0 Å². The molecule has 1 aliphatic carbocycles. The van der Waals surface area contributed by atoms with Gasteiger partial charge < -0.3 is 14.6 Å². The minimum absolute atomic E-state index is 0.00164. The average Bonchev–Trinajstić information content (AvgIpc) is 2.67. The molecule has 11 heavy (non-hydrogen) atoms. The first-order chi connectivity index (χ1) is 5.24. The van der Waals surface area contributed by atoms with Gasteiger partial charge in [-0.2, -0.15) is 0 Å². The predicted octanol–water partition coefficient (Wildman–Crippen LogP) is 0.663. The molecule has 1 aliphatic heterocycles. The predicted molar refractivity (Wildman–Crippen MR) is 39.1 cm³/mol. The van der Waals surface area contributed by atoms with E-state index in [0.29, 0.717) is 6.42 Å². The zero-order valence-corrected chi connectivity index (χ0v) is 6.75. The Labute approximate surface area is 66.3 Å². The highest BCUT2D eigenvalue weighted by Gasteiger charge is 2.50. The summed E-state index contributed by atoms with van der Waals surface area (Å²) in [6, 6.07) is 0. The highest BCUT2D eigenvalue weighted by Crippen LogP contribution is 2.47. The van der Waals surface area contributed by atoms with Gasteiger partial charge in [-0.3, -0.25) is 0 Å².